The molecule has 6 heteroatoms. The lowest BCUT2D eigenvalue weighted by Gasteiger charge is -2.09. The number of benzene rings is 1. The molecule has 0 atom stereocenters. The second-order valence-corrected chi connectivity index (χ2v) is 6.54. The van der Waals surface area contributed by atoms with Crippen molar-refractivity contribution >= 4 is 31.6 Å². The van der Waals surface area contributed by atoms with E-state index in [0.29, 0.717) is 5.69 Å². The Balaban J connectivity index is 2.66. The third-order valence-electron chi connectivity index (χ3n) is 2.36. The minimum atomic E-state index is -3.32. The number of rotatable bonds is 8. The van der Waals surface area contributed by atoms with E-state index in [9.17, 15) is 8.42 Å². The van der Waals surface area contributed by atoms with Gasteiger partial charge in [-0.05, 0) is 30.5 Å². The molecule has 0 unspecified atom stereocenters. The van der Waals surface area contributed by atoms with Crippen molar-refractivity contribution in [1.82, 2.24) is 0 Å². The van der Waals surface area contributed by atoms with Crippen molar-refractivity contribution in [1.29, 1.82) is 0 Å². The summed E-state index contributed by atoms with van der Waals surface area (Å²) in [6.07, 6.45) is 1.96. The zero-order valence-corrected chi connectivity index (χ0v) is 12.8. The molecule has 0 aliphatic rings. The molecule has 0 aliphatic heterocycles. The summed E-state index contributed by atoms with van der Waals surface area (Å²) in [4.78, 5) is 0. The third-order valence-corrected chi connectivity index (χ3v) is 4.17. The fraction of sp³-hybridized carbons (Fsp3) is 0.500. The van der Waals surface area contributed by atoms with Crippen LogP contribution in [-0.4, -0.2) is 33.2 Å². The quantitative estimate of drug-likeness (QED) is 0.742. The van der Waals surface area contributed by atoms with Crippen LogP contribution in [0.15, 0.2) is 24.3 Å². The van der Waals surface area contributed by atoms with Gasteiger partial charge < -0.3 is 4.74 Å². The molecule has 0 aromatic heterocycles. The number of nitrogens with one attached hydrogen (secondary N) is 1. The highest BCUT2D eigenvalue weighted by Crippen LogP contribution is 2.14. The number of ether oxygens (including phenoxy) is 1. The Hall–Kier alpha value is -0.590. The van der Waals surface area contributed by atoms with Crippen LogP contribution in [-0.2, 0) is 21.2 Å². The van der Waals surface area contributed by atoms with Crippen molar-refractivity contribution in [2.24, 2.45) is 0 Å². The van der Waals surface area contributed by atoms with Gasteiger partial charge in [-0.15, -0.1) is 0 Å². The van der Waals surface area contributed by atoms with E-state index in [1.807, 2.05) is 18.2 Å². The number of methoxy groups -OCH3 is 1. The monoisotopic (exact) mass is 335 g/mol. The number of hydrogen-bond donors (Lipinski definition) is 1. The third kappa shape index (κ3) is 5.84. The summed E-state index contributed by atoms with van der Waals surface area (Å²) in [5, 5.41) is 0.941. The summed E-state index contributed by atoms with van der Waals surface area (Å²) in [6, 6.07) is 7.47. The average molecular weight is 336 g/mol. The first-order chi connectivity index (χ1) is 8.57. The van der Waals surface area contributed by atoms with E-state index >= 15 is 0 Å². The normalized spacial score (nSPS) is 11.4. The zero-order valence-electron chi connectivity index (χ0n) is 10.4. The van der Waals surface area contributed by atoms with Crippen molar-refractivity contribution < 1.29 is 13.2 Å². The summed E-state index contributed by atoms with van der Waals surface area (Å²) in [6.45, 7) is 0.193. The Labute approximate surface area is 117 Å². The average Bonchev–Trinajstić information content (AvgIpc) is 2.34. The minimum Gasteiger partial charge on any atom is -0.384 e. The Morgan fingerprint density at radius 3 is 2.83 bits per heavy atom. The molecular weight excluding hydrogens is 318 g/mol. The van der Waals surface area contributed by atoms with Crippen LogP contribution in [0.5, 0.6) is 0 Å². The van der Waals surface area contributed by atoms with E-state index in [-0.39, 0.29) is 12.4 Å². The second-order valence-electron chi connectivity index (χ2n) is 3.91. The Kier molecular flexibility index (Phi) is 6.67. The first-order valence-corrected chi connectivity index (χ1v) is 8.49. The minimum absolute atomic E-state index is 0.0326. The lowest BCUT2D eigenvalue weighted by atomic mass is 10.1. The number of sulfonamides is 1. The summed E-state index contributed by atoms with van der Waals surface area (Å²) in [7, 11) is -1.84. The highest BCUT2D eigenvalue weighted by atomic mass is 79.9. The van der Waals surface area contributed by atoms with Gasteiger partial charge in [-0.1, -0.05) is 28.1 Å². The molecule has 0 fully saturated rings. The molecule has 0 saturated heterocycles. The lowest BCUT2D eigenvalue weighted by molar-refractivity contribution is 0.217. The molecule has 0 heterocycles. The molecule has 102 valence electrons. The summed E-state index contributed by atoms with van der Waals surface area (Å²) < 4.78 is 30.7. The predicted molar refractivity (Wildman–Crippen MR) is 77.8 cm³/mol. The van der Waals surface area contributed by atoms with E-state index in [1.54, 1.807) is 6.07 Å². The van der Waals surface area contributed by atoms with Gasteiger partial charge in [0, 0.05) is 18.1 Å². The van der Waals surface area contributed by atoms with Crippen LogP contribution in [0.3, 0.4) is 0 Å². The Bertz CT molecular complexity index is 462. The molecule has 0 saturated carbocycles. The van der Waals surface area contributed by atoms with Gasteiger partial charge in [0.15, 0.2) is 0 Å². The van der Waals surface area contributed by atoms with Crippen LogP contribution in [0, 0.1) is 0 Å². The van der Waals surface area contributed by atoms with Gasteiger partial charge in [-0.3, -0.25) is 4.72 Å². The van der Waals surface area contributed by atoms with Crippen LogP contribution in [0.4, 0.5) is 5.69 Å². The van der Waals surface area contributed by atoms with Crippen LogP contribution >= 0.6 is 15.9 Å². The smallest absolute Gasteiger partial charge is 0.234 e. The van der Waals surface area contributed by atoms with Gasteiger partial charge >= 0.3 is 0 Å². The molecule has 1 N–H and O–H groups in total. The molecule has 0 aliphatic carbocycles. The fourth-order valence-corrected chi connectivity index (χ4v) is 2.74. The van der Waals surface area contributed by atoms with Crippen LogP contribution in [0.1, 0.15) is 12.0 Å². The maximum Gasteiger partial charge on any atom is 0.234 e. The highest BCUT2D eigenvalue weighted by molar-refractivity contribution is 9.09. The van der Waals surface area contributed by atoms with Crippen LogP contribution in [0.25, 0.3) is 0 Å². The van der Waals surface area contributed by atoms with E-state index in [2.05, 4.69) is 20.7 Å². The Morgan fingerprint density at radius 2 is 2.17 bits per heavy atom. The Morgan fingerprint density at radius 1 is 1.39 bits per heavy atom. The van der Waals surface area contributed by atoms with Crippen molar-refractivity contribution in [3.8, 4) is 0 Å². The van der Waals surface area contributed by atoms with Crippen LogP contribution in [0.2, 0.25) is 0 Å². The molecule has 1 aromatic carbocycles. The van der Waals surface area contributed by atoms with E-state index in [1.165, 1.54) is 7.11 Å². The SMILES string of the molecule is COCCS(=O)(=O)Nc1cccc(CCCBr)c1. The molecule has 0 spiro atoms. The first-order valence-electron chi connectivity index (χ1n) is 5.72. The van der Waals surface area contributed by atoms with Gasteiger partial charge in [0.1, 0.15) is 0 Å². The predicted octanol–water partition coefficient (Wildman–Crippen LogP) is 2.40. The second kappa shape index (κ2) is 7.76. The zero-order chi connectivity index (χ0) is 13.4. The lowest BCUT2D eigenvalue weighted by Crippen LogP contribution is -2.19. The van der Waals surface area contributed by atoms with Crippen molar-refractivity contribution in [2.45, 2.75) is 12.8 Å². The van der Waals surface area contributed by atoms with Gasteiger partial charge in [0.05, 0.1) is 12.4 Å². The number of halogens is 1. The van der Waals surface area contributed by atoms with E-state index in [0.717, 1.165) is 23.7 Å². The van der Waals surface area contributed by atoms with E-state index < -0.39 is 10.0 Å². The van der Waals surface area contributed by atoms with Crippen molar-refractivity contribution in [3.63, 3.8) is 0 Å². The van der Waals surface area contributed by atoms with Gasteiger partial charge in [-0.2, -0.15) is 0 Å². The summed E-state index contributed by atoms with van der Waals surface area (Å²) >= 11 is 3.38. The standard InChI is InChI=1S/C12H18BrNO3S/c1-17-8-9-18(15,16)14-12-6-2-4-11(10-12)5-3-7-13/h2,4,6,10,14H,3,5,7-9H2,1H3. The first kappa shape index (κ1) is 15.5. The topological polar surface area (TPSA) is 55.4 Å². The van der Waals surface area contributed by atoms with Gasteiger partial charge in [0.25, 0.3) is 0 Å². The highest BCUT2D eigenvalue weighted by Gasteiger charge is 2.09. The van der Waals surface area contributed by atoms with Crippen molar-refractivity contribution in [2.75, 3.05) is 29.5 Å². The van der Waals surface area contributed by atoms with Gasteiger partial charge in [0.2, 0.25) is 10.0 Å². The molecule has 18 heavy (non-hydrogen) atoms. The number of hydrogen-bond acceptors (Lipinski definition) is 3. The molecule has 4 nitrogen and oxygen atoms in total. The number of aryl methyl sites for hydroxylation is 1. The molecule has 0 amide bonds. The molecule has 1 aromatic rings. The summed E-state index contributed by atoms with van der Waals surface area (Å²) in [5.74, 6) is -0.0326. The largest absolute Gasteiger partial charge is 0.384 e. The van der Waals surface area contributed by atoms with Gasteiger partial charge in [-0.25, -0.2) is 8.42 Å². The summed E-state index contributed by atoms with van der Waals surface area (Å²) in [5.41, 5.74) is 1.74. The number of anilines is 1. The van der Waals surface area contributed by atoms with E-state index in [4.69, 9.17) is 4.74 Å². The molecule has 0 radical (unpaired) electrons. The van der Waals surface area contributed by atoms with Crippen molar-refractivity contribution in [3.05, 3.63) is 29.8 Å². The molecular formula is C12H18BrNO3S. The number of alkyl halides is 1. The maximum atomic E-state index is 11.7. The fourth-order valence-electron chi connectivity index (χ4n) is 1.48. The van der Waals surface area contributed by atoms with Crippen LogP contribution < -0.4 is 4.72 Å². The maximum absolute atomic E-state index is 11.7. The molecule has 1 rings (SSSR count). The molecule has 0 bridgehead atoms.